The molecule has 42 heavy (non-hydrogen) atoms. The quantitative estimate of drug-likeness (QED) is 0.273. The summed E-state index contributed by atoms with van der Waals surface area (Å²) in [5.74, 6) is -2.50. The Labute approximate surface area is 245 Å². The molecule has 0 radical (unpaired) electrons. The smallest absolute Gasteiger partial charge is 0.338 e. The van der Waals surface area contributed by atoms with Crippen LogP contribution in [-0.2, 0) is 63.6 Å². The van der Waals surface area contributed by atoms with E-state index in [-0.39, 0.29) is 13.0 Å². The molecule has 0 aromatic heterocycles. The Kier molecular flexibility index (Phi) is 12.2. The molecule has 236 valence electrons. The van der Waals surface area contributed by atoms with E-state index in [0.29, 0.717) is 0 Å². The zero-order valence-electron chi connectivity index (χ0n) is 25.1. The fourth-order valence-corrected chi connectivity index (χ4v) is 5.60. The van der Waals surface area contributed by atoms with Crippen LogP contribution in [-0.4, -0.2) is 106 Å². The Bertz CT molecular complexity index is 1040. The van der Waals surface area contributed by atoms with Crippen LogP contribution in [0.2, 0.25) is 0 Å². The average molecular weight is 599 g/mol. The van der Waals surface area contributed by atoms with Gasteiger partial charge in [-0.2, -0.15) is 0 Å². The van der Waals surface area contributed by atoms with Gasteiger partial charge in [0.25, 0.3) is 0 Å². The van der Waals surface area contributed by atoms with Gasteiger partial charge in [0.2, 0.25) is 6.29 Å². The minimum Gasteiger partial charge on any atom is -0.467 e. The van der Waals surface area contributed by atoms with E-state index in [1.807, 2.05) is 30.3 Å². The van der Waals surface area contributed by atoms with Gasteiger partial charge in [-0.1, -0.05) is 44.2 Å². The van der Waals surface area contributed by atoms with Gasteiger partial charge in [-0.3, -0.25) is 9.59 Å². The number of aliphatic hydroxyl groups excluding tert-OH is 1. The molecular formula is C29H42O13. The summed E-state index contributed by atoms with van der Waals surface area (Å²) in [4.78, 5) is 37.4. The zero-order valence-corrected chi connectivity index (χ0v) is 25.1. The van der Waals surface area contributed by atoms with E-state index < -0.39 is 85.2 Å². The molecule has 0 amide bonds. The topological polar surface area (TPSA) is 155 Å². The molecule has 3 rings (SSSR count). The Morgan fingerprint density at radius 2 is 1.52 bits per heavy atom. The second-order valence-electron chi connectivity index (χ2n) is 10.2. The highest BCUT2D eigenvalue weighted by molar-refractivity contribution is 5.80. The summed E-state index contributed by atoms with van der Waals surface area (Å²) in [5, 5.41) is 10.3. The van der Waals surface area contributed by atoms with E-state index in [4.69, 9.17) is 42.6 Å². The van der Waals surface area contributed by atoms with Gasteiger partial charge in [0.1, 0.15) is 18.3 Å². The van der Waals surface area contributed by atoms with Gasteiger partial charge in [-0.15, -0.1) is 0 Å². The maximum Gasteiger partial charge on any atom is 0.338 e. The van der Waals surface area contributed by atoms with Gasteiger partial charge in [0, 0.05) is 34.0 Å². The third-order valence-corrected chi connectivity index (χ3v) is 7.68. The molecule has 2 aliphatic heterocycles. The van der Waals surface area contributed by atoms with E-state index in [1.54, 1.807) is 13.8 Å². The molecule has 2 saturated heterocycles. The van der Waals surface area contributed by atoms with Crippen molar-refractivity contribution < 1.29 is 62.1 Å². The summed E-state index contributed by atoms with van der Waals surface area (Å²) in [6.07, 6.45) is -8.80. The molecule has 2 fully saturated rings. The first kappa shape index (κ1) is 33.8. The Morgan fingerprint density at radius 1 is 0.881 bits per heavy atom. The molecule has 1 aromatic rings. The summed E-state index contributed by atoms with van der Waals surface area (Å²) in [6, 6.07) is 9.17. The van der Waals surface area contributed by atoms with Gasteiger partial charge in [0.05, 0.1) is 26.4 Å². The first-order valence-corrected chi connectivity index (χ1v) is 13.8. The van der Waals surface area contributed by atoms with Crippen molar-refractivity contribution >= 4 is 17.9 Å². The van der Waals surface area contributed by atoms with Crippen molar-refractivity contribution in [1.29, 1.82) is 0 Å². The molecule has 1 N–H and O–H groups in total. The molecular weight excluding hydrogens is 556 g/mol. The lowest BCUT2D eigenvalue weighted by atomic mass is 9.77. The first-order chi connectivity index (χ1) is 20.1. The van der Waals surface area contributed by atoms with Crippen molar-refractivity contribution in [3.8, 4) is 0 Å². The summed E-state index contributed by atoms with van der Waals surface area (Å²) < 4.78 is 52.4. The average Bonchev–Trinajstić information content (AvgIpc) is 2.97. The van der Waals surface area contributed by atoms with Crippen molar-refractivity contribution in [1.82, 2.24) is 0 Å². The highest BCUT2D eigenvalue weighted by atomic mass is 16.8. The minimum absolute atomic E-state index is 0.0477. The van der Waals surface area contributed by atoms with E-state index in [1.165, 1.54) is 35.2 Å². The Morgan fingerprint density at radius 3 is 2.05 bits per heavy atom. The molecule has 13 nitrogen and oxygen atoms in total. The number of hydrogen-bond acceptors (Lipinski definition) is 13. The highest BCUT2D eigenvalue weighted by Crippen LogP contribution is 2.42. The van der Waals surface area contributed by atoms with Gasteiger partial charge < -0.3 is 47.7 Å². The fraction of sp³-hybridized carbons (Fsp3) is 0.690. The summed E-state index contributed by atoms with van der Waals surface area (Å²) in [7, 11) is 4.17. The Hall–Kier alpha value is -2.65. The largest absolute Gasteiger partial charge is 0.467 e. The van der Waals surface area contributed by atoms with Crippen molar-refractivity contribution in [2.75, 3.05) is 27.9 Å². The number of rotatable bonds is 12. The number of carbonyl (C=O) groups excluding carboxylic acids is 3. The first-order valence-electron chi connectivity index (χ1n) is 13.8. The zero-order chi connectivity index (χ0) is 31.0. The molecule has 2 heterocycles. The SMILES string of the molecule is CCC1(C(=O)OC)O[C@@H](O[C@@H]2C(CO)O[C@H](OC(C)=O)C(OCc3ccccc3)[C@H]2OC(C)=O)C(OC)[C@@H](OC)[C@@H]1C. The lowest BCUT2D eigenvalue weighted by Gasteiger charge is -2.51. The van der Waals surface area contributed by atoms with Crippen LogP contribution in [0.15, 0.2) is 30.3 Å². The molecule has 13 heteroatoms. The van der Waals surface area contributed by atoms with Crippen LogP contribution in [0.5, 0.6) is 0 Å². The predicted octanol–water partition coefficient (Wildman–Crippen LogP) is 1.51. The second kappa shape index (κ2) is 15.2. The second-order valence-corrected chi connectivity index (χ2v) is 10.2. The Balaban J connectivity index is 2.03. The molecule has 0 aliphatic carbocycles. The monoisotopic (exact) mass is 598 g/mol. The lowest BCUT2D eigenvalue weighted by molar-refractivity contribution is -0.369. The van der Waals surface area contributed by atoms with E-state index in [0.717, 1.165) is 5.56 Å². The number of methoxy groups -OCH3 is 3. The van der Waals surface area contributed by atoms with Gasteiger partial charge in [0.15, 0.2) is 24.1 Å². The molecule has 2 aliphatic rings. The third-order valence-electron chi connectivity index (χ3n) is 7.68. The van der Waals surface area contributed by atoms with Crippen molar-refractivity contribution in [3.05, 3.63) is 35.9 Å². The van der Waals surface area contributed by atoms with Crippen LogP contribution in [0.3, 0.4) is 0 Å². The number of aliphatic hydroxyl groups is 1. The number of hydrogen-bond donors (Lipinski definition) is 1. The standard InChI is InChI=1S/C29H42O13/c1-8-29(28(33)36-7)16(2)21(34-5)24(35-6)27(42-29)41-22-20(14-30)40-26(39-18(4)32)25(23(22)38-17(3)31)37-15-19-12-10-9-11-13-19/h9-13,16,20-27,30H,8,14-15H2,1-7H3/t16-,20?,21-,22+,23-,24?,25?,26-,27+,29?/m0/s1. The van der Waals surface area contributed by atoms with Crippen LogP contribution in [0.4, 0.5) is 0 Å². The number of benzene rings is 1. The number of esters is 3. The van der Waals surface area contributed by atoms with Crippen LogP contribution < -0.4 is 0 Å². The number of ether oxygens (including phenoxy) is 9. The van der Waals surface area contributed by atoms with Crippen LogP contribution in [0, 0.1) is 5.92 Å². The van der Waals surface area contributed by atoms with Gasteiger partial charge in [-0.05, 0) is 12.0 Å². The summed E-state index contributed by atoms with van der Waals surface area (Å²) in [5.41, 5.74) is -0.681. The molecule has 10 atom stereocenters. The maximum atomic E-state index is 13.1. The fourth-order valence-electron chi connectivity index (χ4n) is 5.60. The van der Waals surface area contributed by atoms with Crippen LogP contribution >= 0.6 is 0 Å². The molecule has 0 spiro atoms. The van der Waals surface area contributed by atoms with Gasteiger partial charge in [-0.25, -0.2) is 4.79 Å². The van der Waals surface area contributed by atoms with Crippen molar-refractivity contribution in [2.45, 2.75) is 95.5 Å². The van der Waals surface area contributed by atoms with Crippen LogP contribution in [0.1, 0.15) is 39.7 Å². The van der Waals surface area contributed by atoms with Gasteiger partial charge >= 0.3 is 17.9 Å². The van der Waals surface area contributed by atoms with Crippen molar-refractivity contribution in [2.24, 2.45) is 5.92 Å². The normalized spacial score (nSPS) is 34.8. The minimum atomic E-state index is -1.47. The molecule has 0 bridgehead atoms. The summed E-state index contributed by atoms with van der Waals surface area (Å²) >= 11 is 0. The van der Waals surface area contributed by atoms with E-state index in [2.05, 4.69) is 0 Å². The van der Waals surface area contributed by atoms with E-state index in [9.17, 15) is 19.5 Å². The van der Waals surface area contributed by atoms with Crippen LogP contribution in [0.25, 0.3) is 0 Å². The molecule has 4 unspecified atom stereocenters. The maximum absolute atomic E-state index is 13.1. The highest BCUT2D eigenvalue weighted by Gasteiger charge is 2.60. The summed E-state index contributed by atoms with van der Waals surface area (Å²) in [6.45, 7) is 5.38. The lowest BCUT2D eigenvalue weighted by Crippen LogP contribution is -2.68. The molecule has 0 saturated carbocycles. The number of carbonyl (C=O) groups is 3. The third kappa shape index (κ3) is 7.28. The molecule has 1 aromatic carbocycles. The predicted molar refractivity (Wildman–Crippen MR) is 144 cm³/mol. The van der Waals surface area contributed by atoms with Crippen molar-refractivity contribution in [3.63, 3.8) is 0 Å². The van der Waals surface area contributed by atoms with E-state index >= 15 is 0 Å².